The van der Waals surface area contributed by atoms with Crippen molar-refractivity contribution in [1.29, 1.82) is 0 Å². The number of methoxy groups -OCH3 is 1. The van der Waals surface area contributed by atoms with E-state index >= 15 is 0 Å². The number of anilines is 2. The van der Waals surface area contributed by atoms with E-state index in [1.165, 1.54) is 28.7 Å². The maximum atomic E-state index is 12.9. The van der Waals surface area contributed by atoms with Gasteiger partial charge in [0.1, 0.15) is 11.4 Å². The summed E-state index contributed by atoms with van der Waals surface area (Å²) in [6.07, 6.45) is 0.485. The Kier molecular flexibility index (Phi) is 8.26. The second-order valence-corrected chi connectivity index (χ2v) is 9.57. The molecule has 0 bridgehead atoms. The van der Waals surface area contributed by atoms with Gasteiger partial charge in [-0.3, -0.25) is 9.69 Å². The van der Waals surface area contributed by atoms with E-state index in [1.807, 2.05) is 13.0 Å². The van der Waals surface area contributed by atoms with Gasteiger partial charge in [0.25, 0.3) is 5.91 Å². The fraction of sp³-hybridized carbons (Fsp3) is 0.417. The Labute approximate surface area is 214 Å². The van der Waals surface area contributed by atoms with Crippen LogP contribution in [0.5, 0.6) is 5.75 Å². The number of ether oxygens (including phenoxy) is 3. The zero-order valence-electron chi connectivity index (χ0n) is 21.2. The number of halogens is 1. The summed E-state index contributed by atoms with van der Waals surface area (Å²) >= 11 is 6.19. The molecular formula is C24H31ClN6O5. The minimum absolute atomic E-state index is 0.0791. The summed E-state index contributed by atoms with van der Waals surface area (Å²) in [6.45, 7) is 7.70. The molecule has 2 heterocycles. The number of imidazole rings is 1. The minimum Gasteiger partial charge on any atom is -0.495 e. The molecule has 0 saturated carbocycles. The molecule has 194 valence electrons. The van der Waals surface area contributed by atoms with E-state index in [-0.39, 0.29) is 29.1 Å². The van der Waals surface area contributed by atoms with Crippen LogP contribution in [0.15, 0.2) is 30.5 Å². The Morgan fingerprint density at radius 2 is 2.00 bits per heavy atom. The molecule has 1 aromatic carbocycles. The minimum atomic E-state index is -0.683. The second kappa shape index (κ2) is 11.0. The third-order valence-electron chi connectivity index (χ3n) is 5.06. The number of amides is 2. The number of hydrogen-bond donors (Lipinski definition) is 2. The van der Waals surface area contributed by atoms with Gasteiger partial charge in [-0.25, -0.2) is 14.3 Å². The first kappa shape index (κ1) is 27.0. The van der Waals surface area contributed by atoms with Gasteiger partial charge in [0.05, 0.1) is 37.4 Å². The molecule has 3 rings (SSSR count). The van der Waals surface area contributed by atoms with Crippen LogP contribution in [0, 0.1) is 0 Å². The van der Waals surface area contributed by atoms with Crippen molar-refractivity contribution in [3.8, 4) is 5.75 Å². The molecule has 12 heteroatoms. The Morgan fingerprint density at radius 3 is 2.64 bits per heavy atom. The molecule has 0 aliphatic rings. The summed E-state index contributed by atoms with van der Waals surface area (Å²) in [5.74, 6) is 0.175. The van der Waals surface area contributed by atoms with Gasteiger partial charge in [-0.05, 0) is 45.4 Å². The molecule has 0 spiro atoms. The Balaban J connectivity index is 1.67. The fourth-order valence-electron chi connectivity index (χ4n) is 3.25. The highest BCUT2D eigenvalue weighted by molar-refractivity contribution is 6.29. The number of aromatic nitrogens is 3. The van der Waals surface area contributed by atoms with E-state index in [2.05, 4.69) is 15.4 Å². The number of benzene rings is 1. The Hall–Kier alpha value is -3.57. The van der Waals surface area contributed by atoms with E-state index in [0.29, 0.717) is 23.7 Å². The summed E-state index contributed by atoms with van der Waals surface area (Å²) in [5.41, 5.74) is 7.43. The van der Waals surface area contributed by atoms with Crippen molar-refractivity contribution in [2.45, 2.75) is 46.0 Å². The highest BCUT2D eigenvalue weighted by atomic mass is 35.5. The highest BCUT2D eigenvalue weighted by Crippen LogP contribution is 2.25. The Morgan fingerprint density at radius 1 is 1.28 bits per heavy atom. The third kappa shape index (κ3) is 6.55. The zero-order valence-corrected chi connectivity index (χ0v) is 21.9. The Bertz CT molecular complexity index is 1260. The molecule has 36 heavy (non-hydrogen) atoms. The molecule has 0 saturated heterocycles. The van der Waals surface area contributed by atoms with Gasteiger partial charge in [0.15, 0.2) is 16.5 Å². The lowest BCUT2D eigenvalue weighted by atomic mass is 10.2. The van der Waals surface area contributed by atoms with Crippen molar-refractivity contribution in [2.24, 2.45) is 0 Å². The maximum absolute atomic E-state index is 12.9. The number of nitrogens with one attached hydrogen (secondary N) is 1. The van der Waals surface area contributed by atoms with E-state index in [9.17, 15) is 9.59 Å². The standard InChI is InChI=1S/C24H31ClN6O5/c1-14(35-13-15-7-8-19(34-6)16(26)9-15)11-28-22(32)18-12-27-21-17(10-20(25)29-31(18)21)30(5)23(33)36-24(2,3)4/h7-10,12,14H,11,13,26H2,1-6H3,(H,28,32). The van der Waals surface area contributed by atoms with Crippen LogP contribution < -0.4 is 20.7 Å². The number of nitrogen functional groups attached to an aromatic ring is 1. The van der Waals surface area contributed by atoms with Crippen molar-refractivity contribution in [1.82, 2.24) is 19.9 Å². The lowest BCUT2D eigenvalue weighted by Crippen LogP contribution is -2.34. The molecule has 0 radical (unpaired) electrons. The first-order valence-electron chi connectivity index (χ1n) is 11.2. The molecule has 1 unspecified atom stereocenters. The van der Waals surface area contributed by atoms with Gasteiger partial charge >= 0.3 is 6.09 Å². The molecule has 11 nitrogen and oxygen atoms in total. The topological polar surface area (TPSA) is 133 Å². The summed E-state index contributed by atoms with van der Waals surface area (Å²) < 4.78 is 17.7. The van der Waals surface area contributed by atoms with Crippen LogP contribution in [0.4, 0.5) is 16.2 Å². The molecule has 0 aliphatic carbocycles. The molecule has 2 amide bonds. The third-order valence-corrected chi connectivity index (χ3v) is 5.24. The maximum Gasteiger partial charge on any atom is 0.414 e. The number of nitrogens with two attached hydrogens (primary N) is 1. The van der Waals surface area contributed by atoms with Crippen LogP contribution in [-0.2, 0) is 16.1 Å². The smallest absolute Gasteiger partial charge is 0.414 e. The van der Waals surface area contributed by atoms with Crippen LogP contribution in [0.2, 0.25) is 5.15 Å². The van der Waals surface area contributed by atoms with Crippen LogP contribution >= 0.6 is 11.6 Å². The highest BCUT2D eigenvalue weighted by Gasteiger charge is 2.25. The molecular weight excluding hydrogens is 488 g/mol. The zero-order chi connectivity index (χ0) is 26.6. The summed E-state index contributed by atoms with van der Waals surface area (Å²) in [5, 5.41) is 7.07. The lowest BCUT2D eigenvalue weighted by molar-refractivity contribution is 0.0508. The van der Waals surface area contributed by atoms with Crippen molar-refractivity contribution in [3.63, 3.8) is 0 Å². The van der Waals surface area contributed by atoms with Crippen LogP contribution in [0.25, 0.3) is 5.65 Å². The number of carbonyl (C=O) groups is 2. The normalized spacial score (nSPS) is 12.3. The van der Waals surface area contributed by atoms with Crippen LogP contribution in [0.3, 0.4) is 0 Å². The molecule has 1 atom stereocenters. The van der Waals surface area contributed by atoms with Crippen molar-refractivity contribution < 1.29 is 23.8 Å². The molecule has 3 aromatic rings. The van der Waals surface area contributed by atoms with Crippen molar-refractivity contribution in [2.75, 3.05) is 31.3 Å². The summed E-state index contributed by atoms with van der Waals surface area (Å²) in [7, 11) is 3.09. The number of hydrogen-bond acceptors (Lipinski definition) is 8. The predicted molar refractivity (Wildman–Crippen MR) is 137 cm³/mol. The van der Waals surface area contributed by atoms with Crippen LogP contribution in [-0.4, -0.2) is 59.0 Å². The number of rotatable bonds is 8. The molecule has 3 N–H and O–H groups in total. The number of carbonyl (C=O) groups excluding carboxylic acids is 2. The van der Waals surface area contributed by atoms with Gasteiger partial charge in [-0.2, -0.15) is 5.10 Å². The monoisotopic (exact) mass is 518 g/mol. The number of nitrogens with zero attached hydrogens (tertiary/aromatic N) is 4. The van der Waals surface area contributed by atoms with Crippen LogP contribution in [0.1, 0.15) is 43.7 Å². The summed E-state index contributed by atoms with van der Waals surface area (Å²) in [6, 6.07) is 6.90. The summed E-state index contributed by atoms with van der Waals surface area (Å²) in [4.78, 5) is 31.0. The second-order valence-electron chi connectivity index (χ2n) is 9.18. The lowest BCUT2D eigenvalue weighted by Gasteiger charge is -2.24. The first-order valence-corrected chi connectivity index (χ1v) is 11.6. The van der Waals surface area contributed by atoms with Gasteiger partial charge < -0.3 is 25.3 Å². The fourth-order valence-corrected chi connectivity index (χ4v) is 3.43. The average molecular weight is 519 g/mol. The molecule has 2 aromatic heterocycles. The largest absolute Gasteiger partial charge is 0.495 e. The molecule has 0 fully saturated rings. The molecule has 0 aliphatic heterocycles. The SMILES string of the molecule is COc1ccc(COC(C)CNC(=O)c2cnc3c(N(C)C(=O)OC(C)(C)C)cc(Cl)nn23)cc1N. The first-order chi connectivity index (χ1) is 16.9. The average Bonchev–Trinajstić information content (AvgIpc) is 3.23. The van der Waals surface area contributed by atoms with E-state index in [1.54, 1.807) is 40.0 Å². The van der Waals surface area contributed by atoms with Gasteiger partial charge in [-0.1, -0.05) is 17.7 Å². The van der Waals surface area contributed by atoms with Gasteiger partial charge in [-0.15, -0.1) is 0 Å². The van der Waals surface area contributed by atoms with Gasteiger partial charge in [0.2, 0.25) is 0 Å². The number of fused-ring (bicyclic) bond motifs is 1. The quantitative estimate of drug-likeness (QED) is 0.431. The van der Waals surface area contributed by atoms with Crippen molar-refractivity contribution >= 4 is 40.6 Å². The van der Waals surface area contributed by atoms with E-state index in [0.717, 1.165) is 5.56 Å². The van der Waals surface area contributed by atoms with Gasteiger partial charge in [0, 0.05) is 19.7 Å². The predicted octanol–water partition coefficient (Wildman–Crippen LogP) is 3.68. The van der Waals surface area contributed by atoms with E-state index < -0.39 is 17.6 Å². The van der Waals surface area contributed by atoms with Crippen molar-refractivity contribution in [3.05, 3.63) is 46.9 Å². The van der Waals surface area contributed by atoms with E-state index in [4.69, 9.17) is 31.5 Å².